The number of hydrogen-bond acceptors (Lipinski definition) is 5. The van der Waals surface area contributed by atoms with Crippen molar-refractivity contribution in [3.63, 3.8) is 0 Å². The van der Waals surface area contributed by atoms with Crippen LogP contribution in [0.25, 0.3) is 0 Å². The smallest absolute Gasteiger partial charge is 0.391 e. The third-order valence-corrected chi connectivity index (χ3v) is 1.40. The Balaban J connectivity index is 2.43. The van der Waals surface area contributed by atoms with E-state index in [0.29, 0.717) is 0 Å². The lowest BCUT2D eigenvalue weighted by atomic mass is 10.3. The van der Waals surface area contributed by atoms with Crippen molar-refractivity contribution < 1.29 is 23.8 Å². The van der Waals surface area contributed by atoms with Gasteiger partial charge in [0.2, 0.25) is 0 Å². The average molecular weight is 180 g/mol. The summed E-state index contributed by atoms with van der Waals surface area (Å²) in [5.74, 6) is 0.330. The quantitative estimate of drug-likeness (QED) is 0.345. The lowest BCUT2D eigenvalue weighted by Gasteiger charge is -1.99. The standard InChI is InChI=1S/C8H4O5/c9-7-11-5-3-1-2-4-6(5)12-8(10)13-7/h1-4H. The Kier molecular flexibility index (Phi) is 1.63. The van der Waals surface area contributed by atoms with Crippen LogP contribution in [0, 0.1) is 0 Å². The summed E-state index contributed by atoms with van der Waals surface area (Å²) < 4.78 is 13.3. The minimum Gasteiger partial charge on any atom is -0.391 e. The Labute approximate surface area is 72.8 Å². The first-order valence-corrected chi connectivity index (χ1v) is 3.46. The Hall–Kier alpha value is -2.04. The zero-order valence-electron chi connectivity index (χ0n) is 6.35. The molecule has 2 rings (SSSR count). The number of carbonyl (C=O) groups excluding carboxylic acids is 2. The Bertz CT molecular complexity index is 336. The normalized spacial score (nSPS) is 14.8. The van der Waals surface area contributed by atoms with Crippen LogP contribution in [0.1, 0.15) is 0 Å². The fourth-order valence-electron chi connectivity index (χ4n) is 0.908. The Morgan fingerprint density at radius 3 is 1.69 bits per heavy atom. The van der Waals surface area contributed by atoms with Crippen molar-refractivity contribution in [2.75, 3.05) is 0 Å². The van der Waals surface area contributed by atoms with Crippen LogP contribution in [-0.2, 0) is 4.74 Å². The van der Waals surface area contributed by atoms with Gasteiger partial charge in [-0.25, -0.2) is 9.59 Å². The first-order valence-electron chi connectivity index (χ1n) is 3.46. The minimum absolute atomic E-state index is 0.165. The molecule has 0 fully saturated rings. The second-order valence-electron chi connectivity index (χ2n) is 2.25. The highest BCUT2D eigenvalue weighted by Gasteiger charge is 2.22. The van der Waals surface area contributed by atoms with Gasteiger partial charge in [0, 0.05) is 0 Å². The van der Waals surface area contributed by atoms with E-state index in [1.54, 1.807) is 12.1 Å². The fraction of sp³-hybridized carbons (Fsp3) is 0. The second-order valence-corrected chi connectivity index (χ2v) is 2.25. The van der Waals surface area contributed by atoms with Crippen molar-refractivity contribution in [1.29, 1.82) is 0 Å². The van der Waals surface area contributed by atoms with E-state index >= 15 is 0 Å². The first kappa shape index (κ1) is 7.60. The summed E-state index contributed by atoms with van der Waals surface area (Å²) in [6.45, 7) is 0. The molecule has 1 heterocycles. The summed E-state index contributed by atoms with van der Waals surface area (Å²) in [5.41, 5.74) is 0. The maximum Gasteiger partial charge on any atom is 0.524 e. The molecule has 5 nitrogen and oxygen atoms in total. The highest BCUT2D eigenvalue weighted by Crippen LogP contribution is 2.28. The van der Waals surface area contributed by atoms with Crippen LogP contribution in [0.5, 0.6) is 11.5 Å². The number of para-hydroxylation sites is 2. The molecule has 0 spiro atoms. The maximum absolute atomic E-state index is 10.7. The van der Waals surface area contributed by atoms with Gasteiger partial charge in [0.05, 0.1) is 0 Å². The van der Waals surface area contributed by atoms with Gasteiger partial charge in [0.15, 0.2) is 11.5 Å². The number of hydrogen-bond donors (Lipinski definition) is 0. The second kappa shape index (κ2) is 2.78. The van der Waals surface area contributed by atoms with Gasteiger partial charge in [-0.3, -0.25) is 0 Å². The van der Waals surface area contributed by atoms with Crippen LogP contribution in [0.2, 0.25) is 0 Å². The van der Waals surface area contributed by atoms with Gasteiger partial charge in [-0.1, -0.05) is 12.1 Å². The molecule has 0 radical (unpaired) electrons. The van der Waals surface area contributed by atoms with E-state index in [2.05, 4.69) is 14.2 Å². The van der Waals surface area contributed by atoms with Gasteiger partial charge in [-0.05, 0) is 12.1 Å². The molecule has 13 heavy (non-hydrogen) atoms. The number of ether oxygens (including phenoxy) is 3. The molecule has 0 atom stereocenters. The van der Waals surface area contributed by atoms with Crippen LogP contribution < -0.4 is 9.47 Å². The first-order chi connectivity index (χ1) is 6.25. The molecular formula is C8H4O5. The summed E-state index contributed by atoms with van der Waals surface area (Å²) in [4.78, 5) is 21.4. The van der Waals surface area contributed by atoms with Crippen LogP contribution in [0.3, 0.4) is 0 Å². The van der Waals surface area contributed by atoms with Crippen LogP contribution >= 0.6 is 0 Å². The largest absolute Gasteiger partial charge is 0.524 e. The van der Waals surface area contributed by atoms with E-state index in [0.717, 1.165) is 0 Å². The predicted molar refractivity (Wildman–Crippen MR) is 39.6 cm³/mol. The Morgan fingerprint density at radius 1 is 0.769 bits per heavy atom. The molecule has 0 aromatic heterocycles. The molecule has 1 aliphatic heterocycles. The van der Waals surface area contributed by atoms with E-state index in [1.807, 2.05) is 0 Å². The average Bonchev–Trinajstić information content (AvgIpc) is 2.20. The lowest BCUT2D eigenvalue weighted by molar-refractivity contribution is 0.0998. The molecule has 0 aliphatic carbocycles. The van der Waals surface area contributed by atoms with Gasteiger partial charge in [0.25, 0.3) is 0 Å². The van der Waals surface area contributed by atoms with Crippen molar-refractivity contribution in [3.8, 4) is 11.5 Å². The third kappa shape index (κ3) is 1.44. The molecular weight excluding hydrogens is 176 g/mol. The molecule has 1 aliphatic rings. The SMILES string of the molecule is O=C1OC(=O)Oc2ccccc2O1. The molecule has 1 aromatic rings. The summed E-state index contributed by atoms with van der Waals surface area (Å²) in [6.07, 6.45) is -2.18. The number of carbonyl (C=O) groups is 2. The van der Waals surface area contributed by atoms with Gasteiger partial charge in [0.1, 0.15) is 0 Å². The van der Waals surface area contributed by atoms with E-state index in [-0.39, 0.29) is 11.5 Å². The van der Waals surface area contributed by atoms with Crippen molar-refractivity contribution in [1.82, 2.24) is 0 Å². The molecule has 0 N–H and O–H groups in total. The third-order valence-electron chi connectivity index (χ3n) is 1.40. The van der Waals surface area contributed by atoms with E-state index in [1.165, 1.54) is 12.1 Å². The molecule has 0 bridgehead atoms. The van der Waals surface area contributed by atoms with Gasteiger partial charge < -0.3 is 14.2 Å². The van der Waals surface area contributed by atoms with Crippen LogP contribution in [-0.4, -0.2) is 12.3 Å². The monoisotopic (exact) mass is 180 g/mol. The molecule has 0 amide bonds. The number of rotatable bonds is 0. The molecule has 0 saturated heterocycles. The molecule has 0 unspecified atom stereocenters. The van der Waals surface area contributed by atoms with Crippen LogP contribution in [0.4, 0.5) is 9.59 Å². The predicted octanol–water partition coefficient (Wildman–Crippen LogP) is 1.71. The van der Waals surface area contributed by atoms with E-state index in [9.17, 15) is 9.59 Å². The fourth-order valence-corrected chi connectivity index (χ4v) is 0.908. The summed E-state index contributed by atoms with van der Waals surface area (Å²) >= 11 is 0. The minimum atomic E-state index is -1.09. The molecule has 0 saturated carbocycles. The molecule has 1 aromatic carbocycles. The van der Waals surface area contributed by atoms with Crippen molar-refractivity contribution in [3.05, 3.63) is 24.3 Å². The van der Waals surface area contributed by atoms with Crippen molar-refractivity contribution in [2.45, 2.75) is 0 Å². The highest BCUT2D eigenvalue weighted by molar-refractivity contribution is 5.82. The number of fused-ring (bicyclic) bond motifs is 1. The Morgan fingerprint density at radius 2 is 1.23 bits per heavy atom. The van der Waals surface area contributed by atoms with Gasteiger partial charge >= 0.3 is 12.3 Å². The zero-order valence-corrected chi connectivity index (χ0v) is 6.35. The van der Waals surface area contributed by atoms with Gasteiger partial charge in [-0.2, -0.15) is 0 Å². The lowest BCUT2D eigenvalue weighted by Crippen LogP contribution is -2.14. The highest BCUT2D eigenvalue weighted by atomic mass is 16.8. The summed E-state index contributed by atoms with van der Waals surface area (Å²) in [5, 5.41) is 0. The topological polar surface area (TPSA) is 61.8 Å². The zero-order chi connectivity index (χ0) is 9.26. The molecule has 66 valence electrons. The van der Waals surface area contributed by atoms with Crippen molar-refractivity contribution >= 4 is 12.3 Å². The molecule has 5 heteroatoms. The number of benzene rings is 1. The van der Waals surface area contributed by atoms with Crippen LogP contribution in [0.15, 0.2) is 24.3 Å². The van der Waals surface area contributed by atoms with Gasteiger partial charge in [-0.15, -0.1) is 0 Å². The summed E-state index contributed by atoms with van der Waals surface area (Å²) in [6, 6.07) is 6.28. The number of cyclic esters (lactones) is 2. The maximum atomic E-state index is 10.7. The summed E-state index contributed by atoms with van der Waals surface area (Å²) in [7, 11) is 0. The van der Waals surface area contributed by atoms with E-state index < -0.39 is 12.3 Å². The van der Waals surface area contributed by atoms with E-state index in [4.69, 9.17) is 0 Å². The van der Waals surface area contributed by atoms with Crippen molar-refractivity contribution in [2.24, 2.45) is 0 Å².